The second-order valence-electron chi connectivity index (χ2n) is 9.09. The Morgan fingerprint density at radius 2 is 1.97 bits per heavy atom. The summed E-state index contributed by atoms with van der Waals surface area (Å²) in [6, 6.07) is 9.09. The minimum absolute atomic E-state index is 0.0458. The Morgan fingerprint density at radius 1 is 1.19 bits per heavy atom. The van der Waals surface area contributed by atoms with Crippen LogP contribution in [-0.2, 0) is 11.2 Å². The van der Waals surface area contributed by atoms with Crippen molar-refractivity contribution >= 4 is 39.3 Å². The van der Waals surface area contributed by atoms with Gasteiger partial charge < -0.3 is 15.4 Å². The van der Waals surface area contributed by atoms with Crippen LogP contribution in [0.25, 0.3) is 27.6 Å². The first-order valence-electron chi connectivity index (χ1n) is 12.2. The first kappa shape index (κ1) is 23.9. The van der Waals surface area contributed by atoms with Crippen molar-refractivity contribution in [3.8, 4) is 5.69 Å². The third-order valence-corrected chi connectivity index (χ3v) is 6.47. The van der Waals surface area contributed by atoms with Gasteiger partial charge in [-0.2, -0.15) is 0 Å². The summed E-state index contributed by atoms with van der Waals surface area (Å²) in [5.41, 5.74) is 11.0. The van der Waals surface area contributed by atoms with E-state index in [-0.39, 0.29) is 11.7 Å². The summed E-state index contributed by atoms with van der Waals surface area (Å²) < 4.78 is 22.9. The average molecular weight is 488 g/mol. The molecule has 1 fully saturated rings. The van der Waals surface area contributed by atoms with Gasteiger partial charge in [0.15, 0.2) is 5.84 Å². The number of morpholine rings is 1. The van der Waals surface area contributed by atoms with Crippen molar-refractivity contribution in [2.24, 2.45) is 10.7 Å². The zero-order valence-corrected chi connectivity index (χ0v) is 20.8. The van der Waals surface area contributed by atoms with Crippen LogP contribution in [0, 0.1) is 18.2 Å². The summed E-state index contributed by atoms with van der Waals surface area (Å²) in [6.45, 7) is 8.41. The number of rotatable bonds is 5. The standard InChI is InChI=1S/C27H30FN7O/c1-4-5-23-33-26-19(27(30)32-17(3)29)14-18(34-10-12-36-13-11-34)15-22(26)35(23)21-8-9-31-25-16(2)6-7-20(28)24(21)25/h6-9,14-15H,4-5,10-13H2,1-3H3,(H3,29,30,32). The van der Waals surface area contributed by atoms with E-state index >= 15 is 4.39 Å². The van der Waals surface area contributed by atoms with Gasteiger partial charge in [-0.1, -0.05) is 13.0 Å². The van der Waals surface area contributed by atoms with Crippen LogP contribution in [-0.4, -0.2) is 52.5 Å². The normalized spacial score (nSPS) is 14.7. The quantitative estimate of drug-likeness (QED) is 0.318. The van der Waals surface area contributed by atoms with Gasteiger partial charge in [-0.3, -0.25) is 15.0 Å². The van der Waals surface area contributed by atoms with Crippen LogP contribution in [0.5, 0.6) is 0 Å². The van der Waals surface area contributed by atoms with Gasteiger partial charge in [0.2, 0.25) is 0 Å². The number of hydrogen-bond acceptors (Lipinski definition) is 5. The third-order valence-electron chi connectivity index (χ3n) is 6.47. The Kier molecular flexibility index (Phi) is 6.40. The molecule has 1 saturated heterocycles. The second-order valence-corrected chi connectivity index (χ2v) is 9.09. The molecule has 3 N–H and O–H groups in total. The number of ether oxygens (including phenoxy) is 1. The molecule has 5 rings (SSSR count). The fourth-order valence-corrected chi connectivity index (χ4v) is 4.82. The molecule has 9 heteroatoms. The van der Waals surface area contributed by atoms with Crippen molar-refractivity contribution in [3.63, 3.8) is 0 Å². The third kappa shape index (κ3) is 4.19. The van der Waals surface area contributed by atoms with E-state index in [0.29, 0.717) is 53.1 Å². The number of fused-ring (bicyclic) bond motifs is 2. The number of benzene rings is 2. The summed E-state index contributed by atoms with van der Waals surface area (Å²) in [7, 11) is 0. The molecule has 186 valence electrons. The van der Waals surface area contributed by atoms with E-state index in [9.17, 15) is 0 Å². The van der Waals surface area contributed by atoms with Crippen molar-refractivity contribution in [1.29, 1.82) is 5.41 Å². The molecule has 0 spiro atoms. The fourth-order valence-electron chi connectivity index (χ4n) is 4.82. The van der Waals surface area contributed by atoms with Crippen molar-refractivity contribution in [2.45, 2.75) is 33.6 Å². The first-order chi connectivity index (χ1) is 17.4. The van der Waals surface area contributed by atoms with Gasteiger partial charge in [0.1, 0.15) is 17.2 Å². The molecule has 3 heterocycles. The molecule has 0 aliphatic carbocycles. The molecule has 0 radical (unpaired) electrons. The molecule has 1 aliphatic heterocycles. The highest BCUT2D eigenvalue weighted by Crippen LogP contribution is 2.34. The van der Waals surface area contributed by atoms with E-state index < -0.39 is 0 Å². The van der Waals surface area contributed by atoms with Gasteiger partial charge in [0, 0.05) is 37.0 Å². The van der Waals surface area contributed by atoms with Crippen LogP contribution < -0.4 is 10.6 Å². The molecule has 1 aliphatic rings. The van der Waals surface area contributed by atoms with E-state index in [1.807, 2.05) is 23.6 Å². The summed E-state index contributed by atoms with van der Waals surface area (Å²) >= 11 is 0. The van der Waals surface area contributed by atoms with Crippen LogP contribution >= 0.6 is 0 Å². The van der Waals surface area contributed by atoms with E-state index in [0.717, 1.165) is 42.1 Å². The lowest BCUT2D eigenvalue weighted by molar-refractivity contribution is 0.122. The van der Waals surface area contributed by atoms with Crippen molar-refractivity contribution < 1.29 is 9.13 Å². The molecule has 2 aromatic carbocycles. The maximum Gasteiger partial charge on any atom is 0.156 e. The molecule has 0 atom stereocenters. The molecule has 0 bridgehead atoms. The lowest BCUT2D eigenvalue weighted by Gasteiger charge is -2.29. The molecular weight excluding hydrogens is 457 g/mol. The zero-order chi connectivity index (χ0) is 25.4. The number of amidine groups is 2. The largest absolute Gasteiger partial charge is 0.387 e. The molecular formula is C27H30FN7O. The zero-order valence-electron chi connectivity index (χ0n) is 20.8. The lowest BCUT2D eigenvalue weighted by Crippen LogP contribution is -2.36. The molecule has 0 amide bonds. The highest BCUT2D eigenvalue weighted by Gasteiger charge is 2.23. The number of hydrogen-bond donors (Lipinski definition) is 2. The summed E-state index contributed by atoms with van der Waals surface area (Å²) in [6.07, 6.45) is 3.25. The minimum atomic E-state index is -0.330. The number of halogens is 1. The Hall–Kier alpha value is -3.85. The van der Waals surface area contributed by atoms with Crippen molar-refractivity contribution in [3.05, 3.63) is 59.3 Å². The van der Waals surface area contributed by atoms with E-state index in [4.69, 9.17) is 20.9 Å². The Morgan fingerprint density at radius 3 is 2.69 bits per heavy atom. The lowest BCUT2D eigenvalue weighted by atomic mass is 10.1. The molecule has 4 aromatic rings. The Labute approximate surface area is 209 Å². The van der Waals surface area contributed by atoms with Crippen molar-refractivity contribution in [1.82, 2.24) is 14.5 Å². The number of anilines is 1. The van der Waals surface area contributed by atoms with Gasteiger partial charge in [-0.05, 0) is 50.1 Å². The first-order valence-corrected chi connectivity index (χ1v) is 12.2. The van der Waals surface area contributed by atoms with Gasteiger partial charge in [-0.25, -0.2) is 14.4 Å². The summed E-state index contributed by atoms with van der Waals surface area (Å²) in [5, 5.41) is 9.16. The second kappa shape index (κ2) is 9.66. The topological polar surface area (TPSA) is 105 Å². The highest BCUT2D eigenvalue weighted by atomic mass is 19.1. The van der Waals surface area contributed by atoms with Gasteiger partial charge in [-0.15, -0.1) is 0 Å². The van der Waals surface area contributed by atoms with E-state index in [2.05, 4.69) is 27.9 Å². The molecule has 8 nitrogen and oxygen atoms in total. The maximum absolute atomic E-state index is 15.3. The predicted octanol–water partition coefficient (Wildman–Crippen LogP) is 4.51. The number of nitrogens with zero attached hydrogens (tertiary/aromatic N) is 5. The number of imidazole rings is 1. The number of nitrogens with one attached hydrogen (secondary N) is 1. The molecule has 0 saturated carbocycles. The maximum atomic E-state index is 15.3. The number of aryl methyl sites for hydroxylation is 2. The average Bonchev–Trinajstić information content (AvgIpc) is 3.23. The number of aliphatic imine (C=N–C) groups is 1. The molecule has 2 aromatic heterocycles. The van der Waals surface area contributed by atoms with Crippen LogP contribution in [0.3, 0.4) is 0 Å². The van der Waals surface area contributed by atoms with Crippen LogP contribution in [0.1, 0.15) is 37.2 Å². The number of pyridine rings is 1. The van der Waals surface area contributed by atoms with Gasteiger partial charge in [0.05, 0.1) is 41.2 Å². The van der Waals surface area contributed by atoms with Gasteiger partial charge >= 0.3 is 0 Å². The predicted molar refractivity (Wildman–Crippen MR) is 142 cm³/mol. The monoisotopic (exact) mass is 487 g/mol. The highest BCUT2D eigenvalue weighted by molar-refractivity contribution is 6.12. The number of nitrogens with two attached hydrogens (primary N) is 1. The van der Waals surface area contributed by atoms with Crippen molar-refractivity contribution in [2.75, 3.05) is 31.2 Å². The van der Waals surface area contributed by atoms with Crippen LogP contribution in [0.15, 0.2) is 41.5 Å². The van der Waals surface area contributed by atoms with Crippen LogP contribution in [0.4, 0.5) is 10.1 Å². The molecule has 36 heavy (non-hydrogen) atoms. The fraction of sp³-hybridized carbons (Fsp3) is 0.333. The number of aromatic nitrogens is 3. The summed E-state index contributed by atoms with van der Waals surface area (Å²) in [5.74, 6) is 0.812. The van der Waals surface area contributed by atoms with E-state index in [1.165, 1.54) is 6.07 Å². The van der Waals surface area contributed by atoms with E-state index in [1.54, 1.807) is 19.2 Å². The SMILES string of the molecule is CCCc1nc2c(C(=N)N=C(C)N)cc(N3CCOCC3)cc2n1-c1ccnc2c(C)ccc(F)c12. The van der Waals surface area contributed by atoms with Gasteiger partial charge in [0.25, 0.3) is 0 Å². The summed E-state index contributed by atoms with van der Waals surface area (Å²) in [4.78, 5) is 15.9. The minimum Gasteiger partial charge on any atom is -0.387 e. The smallest absolute Gasteiger partial charge is 0.156 e. The molecule has 0 unspecified atom stereocenters. The van der Waals surface area contributed by atoms with Crippen LogP contribution in [0.2, 0.25) is 0 Å². The Balaban J connectivity index is 1.87. The Bertz CT molecular complexity index is 1500.